The minimum absolute atomic E-state index is 0.572. The van der Waals surface area contributed by atoms with Crippen LogP contribution in [0, 0.1) is 0 Å². The van der Waals surface area contributed by atoms with E-state index in [1.807, 2.05) is 0 Å². The van der Waals surface area contributed by atoms with Gasteiger partial charge in [-0.2, -0.15) is 0 Å². The van der Waals surface area contributed by atoms with E-state index in [0.717, 1.165) is 0 Å². The van der Waals surface area contributed by atoms with Crippen molar-refractivity contribution in [2.24, 2.45) is 0 Å². The second-order valence-corrected chi connectivity index (χ2v) is 14.0. The first kappa shape index (κ1) is 29.1. The van der Waals surface area contributed by atoms with E-state index in [-0.39, 0.29) is 0 Å². The van der Waals surface area contributed by atoms with Crippen molar-refractivity contribution in [1.82, 2.24) is 0 Å². The minimum Gasteiger partial charge on any atom is -0.0631 e. The molecule has 9 rings (SSSR count). The van der Waals surface area contributed by atoms with Crippen LogP contribution in [0.1, 0.15) is 0 Å². The Morgan fingerprint density at radius 1 is 0.245 bits per heavy atom. The summed E-state index contributed by atoms with van der Waals surface area (Å²) >= 11 is 0. The van der Waals surface area contributed by atoms with E-state index in [2.05, 4.69) is 194 Å². The van der Waals surface area contributed by atoms with E-state index in [0.29, 0.717) is 9.52 Å². The SMILES string of the molecule is c1ccc([Si]c2ccc3c(-c4ccc5ccccc5c4)c4ccccc4c(-c4cc(-c5ccccc5)cc(-c5ccccc5)c4)c3c2)cc1. The lowest BCUT2D eigenvalue weighted by molar-refractivity contribution is 1.58. The van der Waals surface area contributed by atoms with Crippen LogP contribution in [0.25, 0.3) is 76.8 Å². The molecule has 0 aliphatic carbocycles. The first-order valence-corrected chi connectivity index (χ1v) is 17.8. The van der Waals surface area contributed by atoms with Gasteiger partial charge in [-0.3, -0.25) is 0 Å². The normalized spacial score (nSPS) is 11.3. The van der Waals surface area contributed by atoms with Gasteiger partial charge in [0.1, 0.15) is 9.52 Å². The van der Waals surface area contributed by atoms with Gasteiger partial charge in [0.15, 0.2) is 0 Å². The van der Waals surface area contributed by atoms with Crippen molar-refractivity contribution in [3.63, 3.8) is 0 Å². The number of hydrogen-bond acceptors (Lipinski definition) is 0. The highest BCUT2D eigenvalue weighted by atomic mass is 28.2. The molecule has 0 unspecified atom stereocenters. The Morgan fingerprint density at radius 2 is 0.755 bits per heavy atom. The Morgan fingerprint density at radius 3 is 1.41 bits per heavy atom. The molecule has 0 saturated carbocycles. The van der Waals surface area contributed by atoms with Crippen molar-refractivity contribution in [3.05, 3.63) is 194 Å². The highest BCUT2D eigenvalue weighted by Crippen LogP contribution is 2.45. The fraction of sp³-hybridized carbons (Fsp3) is 0. The van der Waals surface area contributed by atoms with Gasteiger partial charge in [0.05, 0.1) is 0 Å². The molecule has 0 fully saturated rings. The second-order valence-electron chi connectivity index (χ2n) is 12.6. The van der Waals surface area contributed by atoms with E-state index in [1.165, 1.54) is 87.2 Å². The Hall–Kier alpha value is -6.02. The zero-order chi connectivity index (χ0) is 32.6. The van der Waals surface area contributed by atoms with E-state index < -0.39 is 0 Å². The largest absolute Gasteiger partial charge is 0.121 e. The zero-order valence-corrected chi connectivity index (χ0v) is 28.0. The summed E-state index contributed by atoms with van der Waals surface area (Å²) in [6.45, 7) is 0. The third-order valence-electron chi connectivity index (χ3n) is 9.56. The average Bonchev–Trinajstić information content (AvgIpc) is 3.17. The molecule has 0 bridgehead atoms. The van der Waals surface area contributed by atoms with Crippen molar-refractivity contribution in [1.29, 1.82) is 0 Å². The van der Waals surface area contributed by atoms with E-state index in [9.17, 15) is 0 Å². The molecule has 228 valence electrons. The molecule has 0 N–H and O–H groups in total. The summed E-state index contributed by atoms with van der Waals surface area (Å²) in [6.07, 6.45) is 0. The van der Waals surface area contributed by atoms with Crippen LogP contribution < -0.4 is 10.4 Å². The first-order chi connectivity index (χ1) is 24.3. The fourth-order valence-electron chi connectivity index (χ4n) is 7.28. The molecule has 9 aromatic carbocycles. The molecule has 0 amide bonds. The lowest BCUT2D eigenvalue weighted by Crippen LogP contribution is -2.26. The van der Waals surface area contributed by atoms with Crippen LogP contribution in [0.2, 0.25) is 0 Å². The molecule has 1 heteroatoms. The van der Waals surface area contributed by atoms with Gasteiger partial charge in [0.25, 0.3) is 0 Å². The van der Waals surface area contributed by atoms with Crippen LogP contribution in [0.3, 0.4) is 0 Å². The molecule has 0 atom stereocenters. The predicted molar refractivity (Wildman–Crippen MR) is 212 cm³/mol. The van der Waals surface area contributed by atoms with E-state index >= 15 is 0 Å². The Labute approximate surface area is 289 Å². The molecule has 0 nitrogen and oxygen atoms in total. The summed E-state index contributed by atoms with van der Waals surface area (Å²) in [5, 5.41) is 10.3. The fourth-order valence-corrected chi connectivity index (χ4v) is 8.35. The average molecular weight is 637 g/mol. The molecule has 9 aromatic rings. The molecular formula is C48H32Si. The number of benzene rings is 9. The summed E-state index contributed by atoms with van der Waals surface area (Å²) in [6, 6.07) is 71.3. The van der Waals surface area contributed by atoms with Crippen molar-refractivity contribution >= 4 is 52.2 Å². The Bertz CT molecular complexity index is 2550. The van der Waals surface area contributed by atoms with Gasteiger partial charge in [-0.05, 0) is 101 Å². The smallest absolute Gasteiger partial charge is 0.0631 e. The van der Waals surface area contributed by atoms with Crippen LogP contribution in [-0.4, -0.2) is 9.52 Å². The molecular weight excluding hydrogens is 605 g/mol. The Balaban J connectivity index is 1.38. The highest BCUT2D eigenvalue weighted by Gasteiger charge is 2.19. The maximum atomic E-state index is 2.46. The molecule has 0 spiro atoms. The van der Waals surface area contributed by atoms with Crippen molar-refractivity contribution in [2.75, 3.05) is 0 Å². The molecule has 0 aliphatic heterocycles. The topological polar surface area (TPSA) is 0 Å². The monoisotopic (exact) mass is 636 g/mol. The van der Waals surface area contributed by atoms with Gasteiger partial charge in [0.2, 0.25) is 0 Å². The summed E-state index contributed by atoms with van der Waals surface area (Å²) in [5.41, 5.74) is 9.91. The van der Waals surface area contributed by atoms with E-state index in [1.54, 1.807) is 0 Å². The van der Waals surface area contributed by atoms with Gasteiger partial charge in [0, 0.05) is 0 Å². The zero-order valence-electron chi connectivity index (χ0n) is 27.0. The van der Waals surface area contributed by atoms with Crippen molar-refractivity contribution < 1.29 is 0 Å². The second kappa shape index (κ2) is 12.5. The molecule has 0 heterocycles. The number of fused-ring (bicyclic) bond motifs is 3. The summed E-state index contributed by atoms with van der Waals surface area (Å²) in [7, 11) is 0.572. The third kappa shape index (κ3) is 5.55. The summed E-state index contributed by atoms with van der Waals surface area (Å²) < 4.78 is 0. The van der Waals surface area contributed by atoms with Crippen LogP contribution >= 0.6 is 0 Å². The first-order valence-electron chi connectivity index (χ1n) is 16.8. The van der Waals surface area contributed by atoms with Crippen LogP contribution in [0.15, 0.2) is 194 Å². The highest BCUT2D eigenvalue weighted by molar-refractivity contribution is 6.67. The van der Waals surface area contributed by atoms with Crippen LogP contribution in [-0.2, 0) is 0 Å². The van der Waals surface area contributed by atoms with Gasteiger partial charge >= 0.3 is 0 Å². The summed E-state index contributed by atoms with van der Waals surface area (Å²) in [5.74, 6) is 0. The predicted octanol–water partition coefficient (Wildman–Crippen LogP) is 11.5. The van der Waals surface area contributed by atoms with Gasteiger partial charge in [-0.25, -0.2) is 0 Å². The Kier molecular flexibility index (Phi) is 7.46. The van der Waals surface area contributed by atoms with Gasteiger partial charge in [-0.1, -0.05) is 180 Å². The minimum atomic E-state index is 0.572. The van der Waals surface area contributed by atoms with Crippen molar-refractivity contribution in [2.45, 2.75) is 0 Å². The molecule has 0 aliphatic rings. The van der Waals surface area contributed by atoms with Gasteiger partial charge in [-0.15, -0.1) is 0 Å². The number of rotatable bonds is 6. The lowest BCUT2D eigenvalue weighted by atomic mass is 9.84. The maximum Gasteiger partial charge on any atom is 0.121 e. The quantitative estimate of drug-likeness (QED) is 0.126. The number of hydrogen-bond donors (Lipinski definition) is 0. The van der Waals surface area contributed by atoms with Crippen LogP contribution in [0.4, 0.5) is 0 Å². The lowest BCUT2D eigenvalue weighted by Gasteiger charge is -2.20. The maximum absolute atomic E-state index is 2.46. The molecule has 0 saturated heterocycles. The molecule has 0 aromatic heterocycles. The van der Waals surface area contributed by atoms with Gasteiger partial charge < -0.3 is 0 Å². The third-order valence-corrected chi connectivity index (χ3v) is 10.8. The van der Waals surface area contributed by atoms with Crippen LogP contribution in [0.5, 0.6) is 0 Å². The molecule has 49 heavy (non-hydrogen) atoms. The van der Waals surface area contributed by atoms with E-state index in [4.69, 9.17) is 0 Å². The van der Waals surface area contributed by atoms with Crippen molar-refractivity contribution in [3.8, 4) is 44.5 Å². The molecule has 2 radical (unpaired) electrons. The standard InChI is InChI=1S/C48H32Si/c1-4-14-33(15-5-1)38-29-39(34-16-6-2-7-17-34)31-40(30-38)48-44-23-13-12-22-43(44)47(37-25-24-35-18-10-11-19-36(35)28-37)45-27-26-42(32-46(45)48)49-41-20-8-3-9-21-41/h1-32H. The summed E-state index contributed by atoms with van der Waals surface area (Å²) in [4.78, 5) is 0.